The van der Waals surface area contributed by atoms with Gasteiger partial charge in [0, 0.05) is 33.6 Å². The van der Waals surface area contributed by atoms with Crippen LogP contribution in [-0.4, -0.2) is 32.3 Å². The van der Waals surface area contributed by atoms with Crippen molar-refractivity contribution in [1.29, 1.82) is 0 Å². The third-order valence-electron chi connectivity index (χ3n) is 5.44. The molecule has 5 heterocycles. The minimum absolute atomic E-state index is 0.689. The Morgan fingerprint density at radius 3 is 2.77 bits per heavy atom. The molecule has 0 bridgehead atoms. The zero-order chi connectivity index (χ0) is 20.8. The van der Waals surface area contributed by atoms with Gasteiger partial charge >= 0.3 is 0 Å². The first-order valence-corrected chi connectivity index (χ1v) is 9.78. The van der Waals surface area contributed by atoms with E-state index >= 15 is 0 Å². The molecule has 0 amide bonds. The summed E-state index contributed by atoms with van der Waals surface area (Å²) in [6, 6.07) is 14.2. The Balaban J connectivity index is 1.50. The summed E-state index contributed by atoms with van der Waals surface area (Å²) < 4.78 is 10.6. The number of nitrogens with zero attached hydrogens (tertiary/aromatic N) is 3. The van der Waals surface area contributed by atoms with E-state index < -0.39 is 0 Å². The zero-order valence-electron chi connectivity index (χ0n) is 16.6. The Bertz CT molecular complexity index is 1530. The highest BCUT2D eigenvalue weighted by atomic mass is 16.5. The second kappa shape index (κ2) is 6.84. The monoisotopic (exact) mass is 407 g/mol. The fourth-order valence-corrected chi connectivity index (χ4v) is 3.90. The largest absolute Gasteiger partial charge is 0.495 e. The molecule has 2 N–H and O–H groups in total. The third-order valence-corrected chi connectivity index (χ3v) is 5.44. The van der Waals surface area contributed by atoms with Gasteiger partial charge in [-0.1, -0.05) is 12.1 Å². The van der Waals surface area contributed by atoms with Crippen LogP contribution in [0.5, 0.6) is 5.75 Å². The van der Waals surface area contributed by atoms with Crippen LogP contribution in [0.1, 0.15) is 0 Å². The molecule has 7 heteroatoms. The number of aromatic amines is 2. The molecular weight excluding hydrogens is 390 g/mol. The smallest absolute Gasteiger partial charge is 0.137 e. The van der Waals surface area contributed by atoms with Gasteiger partial charge in [0.2, 0.25) is 0 Å². The molecule has 0 spiro atoms. The van der Waals surface area contributed by atoms with Crippen LogP contribution in [-0.2, 0) is 0 Å². The van der Waals surface area contributed by atoms with E-state index in [0.717, 1.165) is 55.6 Å². The zero-order valence-corrected chi connectivity index (χ0v) is 16.6. The summed E-state index contributed by atoms with van der Waals surface area (Å²) in [6.45, 7) is 0. The van der Waals surface area contributed by atoms with Crippen molar-refractivity contribution in [3.05, 3.63) is 73.6 Å². The normalized spacial score (nSPS) is 11.4. The highest BCUT2D eigenvalue weighted by Crippen LogP contribution is 2.35. The number of ether oxygens (including phenoxy) is 1. The molecule has 7 nitrogen and oxygen atoms in total. The number of H-pyrrole nitrogens is 2. The van der Waals surface area contributed by atoms with Crippen molar-refractivity contribution < 1.29 is 9.15 Å². The number of hydrogen-bond acceptors (Lipinski definition) is 5. The van der Waals surface area contributed by atoms with E-state index in [-0.39, 0.29) is 0 Å². The minimum atomic E-state index is 0.689. The van der Waals surface area contributed by atoms with Gasteiger partial charge in [-0.3, -0.25) is 15.1 Å². The van der Waals surface area contributed by atoms with Gasteiger partial charge in [-0.05, 0) is 35.9 Å². The number of pyridine rings is 2. The molecular formula is C24H17N5O2. The summed E-state index contributed by atoms with van der Waals surface area (Å²) in [4.78, 5) is 12.3. The van der Waals surface area contributed by atoms with Crippen LogP contribution < -0.4 is 4.74 Å². The molecule has 0 unspecified atom stereocenters. The van der Waals surface area contributed by atoms with Crippen LogP contribution in [0, 0.1) is 0 Å². The summed E-state index contributed by atoms with van der Waals surface area (Å²) in [5.41, 5.74) is 7.50. The number of aromatic nitrogens is 5. The summed E-state index contributed by atoms with van der Waals surface area (Å²) in [5.74, 6) is 0.689. The van der Waals surface area contributed by atoms with Crippen molar-refractivity contribution in [3.8, 4) is 39.5 Å². The Morgan fingerprint density at radius 1 is 0.935 bits per heavy atom. The molecule has 0 fully saturated rings. The second-order valence-electron chi connectivity index (χ2n) is 7.26. The summed E-state index contributed by atoms with van der Waals surface area (Å²) in [7, 11) is 1.62. The molecule has 0 atom stereocenters. The Morgan fingerprint density at radius 2 is 1.90 bits per heavy atom. The van der Waals surface area contributed by atoms with Crippen molar-refractivity contribution in [3.63, 3.8) is 0 Å². The molecule has 0 radical (unpaired) electrons. The van der Waals surface area contributed by atoms with Gasteiger partial charge in [-0.15, -0.1) is 0 Å². The lowest BCUT2D eigenvalue weighted by Gasteiger charge is -2.04. The fourth-order valence-electron chi connectivity index (χ4n) is 3.90. The van der Waals surface area contributed by atoms with Crippen molar-refractivity contribution in [1.82, 2.24) is 25.1 Å². The van der Waals surface area contributed by atoms with Crippen LogP contribution >= 0.6 is 0 Å². The number of methoxy groups -OCH3 is 1. The Hall–Kier alpha value is -4.39. The van der Waals surface area contributed by atoms with Gasteiger partial charge in [-0.25, -0.2) is 0 Å². The van der Waals surface area contributed by atoms with Crippen LogP contribution in [0.3, 0.4) is 0 Å². The number of furan rings is 1. The lowest BCUT2D eigenvalue weighted by Crippen LogP contribution is -1.88. The van der Waals surface area contributed by atoms with Crippen LogP contribution in [0.25, 0.3) is 55.6 Å². The molecule has 0 saturated heterocycles. The molecule has 0 aliphatic heterocycles. The van der Waals surface area contributed by atoms with Crippen molar-refractivity contribution in [2.75, 3.05) is 7.11 Å². The third kappa shape index (κ3) is 2.86. The van der Waals surface area contributed by atoms with Gasteiger partial charge in [0.15, 0.2) is 0 Å². The van der Waals surface area contributed by atoms with E-state index in [1.807, 2.05) is 24.3 Å². The first-order chi connectivity index (χ1) is 15.3. The highest BCUT2D eigenvalue weighted by molar-refractivity contribution is 6.01. The molecule has 0 saturated carbocycles. The van der Waals surface area contributed by atoms with E-state index in [1.165, 1.54) is 0 Å². The molecule has 150 valence electrons. The van der Waals surface area contributed by atoms with E-state index in [1.54, 1.807) is 38.2 Å². The topological polar surface area (TPSA) is 92.6 Å². The summed E-state index contributed by atoms with van der Waals surface area (Å²) >= 11 is 0. The maximum atomic E-state index is 5.30. The van der Waals surface area contributed by atoms with E-state index in [0.29, 0.717) is 5.75 Å². The number of nitrogens with one attached hydrogen (secondary N) is 2. The van der Waals surface area contributed by atoms with Gasteiger partial charge < -0.3 is 14.1 Å². The minimum Gasteiger partial charge on any atom is -0.495 e. The van der Waals surface area contributed by atoms with E-state index in [9.17, 15) is 0 Å². The van der Waals surface area contributed by atoms with Crippen LogP contribution in [0.4, 0.5) is 0 Å². The van der Waals surface area contributed by atoms with E-state index in [2.05, 4.69) is 43.3 Å². The average molecular weight is 407 g/mol. The summed E-state index contributed by atoms with van der Waals surface area (Å²) in [6.07, 6.45) is 8.68. The molecule has 1 aromatic carbocycles. The Kier molecular flexibility index (Phi) is 3.86. The molecule has 0 aliphatic carbocycles. The maximum Gasteiger partial charge on any atom is 0.137 e. The average Bonchev–Trinajstić information content (AvgIpc) is 3.57. The molecule has 31 heavy (non-hydrogen) atoms. The number of hydrogen-bond donors (Lipinski definition) is 2. The fraction of sp³-hybridized carbons (Fsp3) is 0.0417. The highest BCUT2D eigenvalue weighted by Gasteiger charge is 2.15. The molecule has 5 aromatic heterocycles. The predicted molar refractivity (Wildman–Crippen MR) is 119 cm³/mol. The quantitative estimate of drug-likeness (QED) is 0.406. The van der Waals surface area contributed by atoms with Crippen molar-refractivity contribution >= 4 is 21.8 Å². The molecule has 0 aliphatic rings. The van der Waals surface area contributed by atoms with Crippen LogP contribution in [0.15, 0.2) is 78.0 Å². The summed E-state index contributed by atoms with van der Waals surface area (Å²) in [5, 5.41) is 9.74. The van der Waals surface area contributed by atoms with E-state index in [4.69, 9.17) is 9.15 Å². The van der Waals surface area contributed by atoms with Crippen molar-refractivity contribution in [2.24, 2.45) is 0 Å². The molecule has 6 aromatic rings. The van der Waals surface area contributed by atoms with Gasteiger partial charge in [0.1, 0.15) is 11.4 Å². The van der Waals surface area contributed by atoms with Crippen LogP contribution in [0.2, 0.25) is 0 Å². The van der Waals surface area contributed by atoms with Crippen molar-refractivity contribution in [2.45, 2.75) is 0 Å². The Labute approximate surface area is 176 Å². The first kappa shape index (κ1) is 17.5. The lowest BCUT2D eigenvalue weighted by atomic mass is 10.0. The molecule has 6 rings (SSSR count). The van der Waals surface area contributed by atoms with Gasteiger partial charge in [0.25, 0.3) is 0 Å². The van der Waals surface area contributed by atoms with Gasteiger partial charge in [0.05, 0.1) is 48.9 Å². The predicted octanol–water partition coefficient (Wildman–Crippen LogP) is 5.44. The SMILES string of the molecule is COc1cncc(-c2cc3c(-c4cc5c(-c6ccoc6)cccc5[nH]4)n[nH]c3cn2)c1. The number of fused-ring (bicyclic) bond motifs is 2. The standard InChI is InChI=1S/C24H17N5O2/c1-30-16-7-15(10-25-11-16)21-9-19-23(12-26-21)28-29-24(19)22-8-18-17(14-5-6-31-13-14)3-2-4-20(18)27-22/h2-13,27H,1H3,(H,28,29). The van der Waals surface area contributed by atoms with Gasteiger partial charge in [-0.2, -0.15) is 5.10 Å². The number of rotatable bonds is 4. The maximum absolute atomic E-state index is 5.30. The lowest BCUT2D eigenvalue weighted by molar-refractivity contribution is 0.413. The first-order valence-electron chi connectivity index (χ1n) is 9.78. The second-order valence-corrected chi connectivity index (χ2v) is 7.26. The number of benzene rings is 1.